The van der Waals surface area contributed by atoms with Crippen molar-refractivity contribution in [3.05, 3.63) is 61.8 Å². The zero-order valence-corrected chi connectivity index (χ0v) is 17.2. The summed E-state index contributed by atoms with van der Waals surface area (Å²) in [6.07, 6.45) is 0.611. The number of phenolic OH excluding ortho intramolecular Hbond substituents is 1. The molecule has 0 fully saturated rings. The van der Waals surface area contributed by atoms with Crippen LogP contribution in [0.3, 0.4) is 0 Å². The van der Waals surface area contributed by atoms with Crippen LogP contribution in [-0.2, 0) is 0 Å². The first-order chi connectivity index (χ1) is 14.1. The van der Waals surface area contributed by atoms with E-state index in [0.717, 1.165) is 5.76 Å². The third-order valence-corrected chi connectivity index (χ3v) is 4.83. The van der Waals surface area contributed by atoms with E-state index >= 15 is 0 Å². The average molecular weight is 407 g/mol. The van der Waals surface area contributed by atoms with Gasteiger partial charge in [0.15, 0.2) is 5.75 Å². The fourth-order valence-corrected chi connectivity index (χ4v) is 3.13. The fourth-order valence-electron chi connectivity index (χ4n) is 3.13. The summed E-state index contributed by atoms with van der Waals surface area (Å²) in [6, 6.07) is 6.19. The molecule has 3 N–H and O–H groups in total. The van der Waals surface area contributed by atoms with E-state index in [-0.39, 0.29) is 34.1 Å². The Labute approximate surface area is 174 Å². The molecule has 2 radical (unpaired) electrons. The van der Waals surface area contributed by atoms with Crippen molar-refractivity contribution in [2.75, 3.05) is 24.7 Å². The number of hydrogen-bond acceptors (Lipinski definition) is 7. The summed E-state index contributed by atoms with van der Waals surface area (Å²) < 4.78 is 5.62. The molecule has 9 heteroatoms. The Kier molecular flexibility index (Phi) is 5.73. The SMILES string of the molecule is [B]c1ccc(Nc2c(N[C@H](CC)c3ccc(C)o3)c(=O)c2=O)c(O)c1C(=O)N(C)C. The number of anilines is 3. The van der Waals surface area contributed by atoms with Crippen LogP contribution in [0.1, 0.15) is 41.3 Å². The normalized spacial score (nSPS) is 12.0. The van der Waals surface area contributed by atoms with Crippen molar-refractivity contribution in [3.63, 3.8) is 0 Å². The van der Waals surface area contributed by atoms with Gasteiger partial charge in [-0.2, -0.15) is 0 Å². The maximum atomic E-state index is 12.3. The summed E-state index contributed by atoms with van der Waals surface area (Å²) in [5.74, 6) is 0.485. The Bertz CT molecular complexity index is 1170. The van der Waals surface area contributed by atoms with E-state index in [1.165, 1.54) is 31.1 Å². The topological polar surface area (TPSA) is 112 Å². The zero-order chi connectivity index (χ0) is 22.2. The molecule has 1 aromatic heterocycles. The quantitative estimate of drug-likeness (QED) is 0.311. The first-order valence-electron chi connectivity index (χ1n) is 9.42. The van der Waals surface area contributed by atoms with Gasteiger partial charge in [-0.3, -0.25) is 14.4 Å². The van der Waals surface area contributed by atoms with Crippen molar-refractivity contribution in [2.45, 2.75) is 26.3 Å². The lowest BCUT2D eigenvalue weighted by Gasteiger charge is -2.21. The second kappa shape index (κ2) is 8.10. The van der Waals surface area contributed by atoms with Crippen LogP contribution < -0.4 is 27.0 Å². The van der Waals surface area contributed by atoms with E-state index in [1.807, 2.05) is 19.9 Å². The van der Waals surface area contributed by atoms with Gasteiger partial charge in [-0.25, -0.2) is 0 Å². The van der Waals surface area contributed by atoms with Gasteiger partial charge in [0.05, 0.1) is 17.3 Å². The van der Waals surface area contributed by atoms with E-state index in [4.69, 9.17) is 12.3 Å². The highest BCUT2D eigenvalue weighted by atomic mass is 16.3. The molecule has 30 heavy (non-hydrogen) atoms. The molecule has 0 spiro atoms. The number of aryl methyl sites for hydroxylation is 1. The number of nitrogens with zero attached hydrogens (tertiary/aromatic N) is 1. The summed E-state index contributed by atoms with van der Waals surface area (Å²) >= 11 is 0. The Morgan fingerprint density at radius 1 is 1.17 bits per heavy atom. The number of carbonyl (C=O) groups is 1. The summed E-state index contributed by atoms with van der Waals surface area (Å²) in [5, 5.41) is 16.4. The number of nitrogens with one attached hydrogen (secondary N) is 2. The first-order valence-corrected chi connectivity index (χ1v) is 9.42. The van der Waals surface area contributed by atoms with Crippen LogP contribution in [0.5, 0.6) is 5.75 Å². The van der Waals surface area contributed by atoms with Crippen molar-refractivity contribution >= 4 is 36.3 Å². The Morgan fingerprint density at radius 2 is 1.83 bits per heavy atom. The van der Waals surface area contributed by atoms with Gasteiger partial charge in [0.25, 0.3) is 16.8 Å². The smallest absolute Gasteiger partial charge is 0.256 e. The van der Waals surface area contributed by atoms with Crippen LogP contribution >= 0.6 is 0 Å². The highest BCUT2D eigenvalue weighted by molar-refractivity contribution is 6.37. The first kappa shape index (κ1) is 21.2. The maximum Gasteiger partial charge on any atom is 0.256 e. The molecule has 1 atom stereocenters. The largest absolute Gasteiger partial charge is 0.505 e. The lowest BCUT2D eigenvalue weighted by molar-refractivity contribution is 0.0826. The van der Waals surface area contributed by atoms with Crippen LogP contribution in [0.2, 0.25) is 0 Å². The van der Waals surface area contributed by atoms with Gasteiger partial charge in [-0.15, -0.1) is 0 Å². The number of benzene rings is 1. The van der Waals surface area contributed by atoms with Gasteiger partial charge in [0, 0.05) is 14.1 Å². The minimum atomic E-state index is -0.723. The van der Waals surface area contributed by atoms with Crippen LogP contribution in [0, 0.1) is 6.92 Å². The van der Waals surface area contributed by atoms with E-state index in [0.29, 0.717) is 12.2 Å². The number of amides is 1. The fraction of sp³-hybridized carbons (Fsp3) is 0.286. The van der Waals surface area contributed by atoms with Gasteiger partial charge < -0.3 is 25.1 Å². The molecule has 2 aromatic carbocycles. The molecule has 3 aromatic rings. The molecule has 154 valence electrons. The Morgan fingerprint density at radius 3 is 2.40 bits per heavy atom. The molecule has 8 nitrogen and oxygen atoms in total. The van der Waals surface area contributed by atoms with Crippen LogP contribution in [-0.4, -0.2) is 37.9 Å². The highest BCUT2D eigenvalue weighted by Gasteiger charge is 2.26. The van der Waals surface area contributed by atoms with E-state index in [2.05, 4.69) is 10.6 Å². The third-order valence-electron chi connectivity index (χ3n) is 4.83. The van der Waals surface area contributed by atoms with Crippen molar-refractivity contribution in [2.24, 2.45) is 0 Å². The lowest BCUT2D eigenvalue weighted by Crippen LogP contribution is -2.37. The number of aromatic hydroxyl groups is 1. The molecule has 1 amide bonds. The summed E-state index contributed by atoms with van der Waals surface area (Å²) in [7, 11) is 8.90. The predicted octanol–water partition coefficient (Wildman–Crippen LogP) is 1.69. The molecule has 0 unspecified atom stereocenters. The molecular weight excluding hydrogens is 385 g/mol. The Hall–Kier alpha value is -3.49. The molecule has 0 aliphatic rings. The Balaban J connectivity index is 1.94. The summed E-state index contributed by atoms with van der Waals surface area (Å²) in [4.78, 5) is 38.0. The van der Waals surface area contributed by atoms with Gasteiger partial charge in [0.2, 0.25) is 0 Å². The number of furan rings is 1. The molecule has 0 aliphatic carbocycles. The van der Waals surface area contributed by atoms with Gasteiger partial charge >= 0.3 is 0 Å². The minimum absolute atomic E-state index is 0.00468. The number of phenols is 1. The average Bonchev–Trinajstić information content (AvgIpc) is 3.14. The third kappa shape index (κ3) is 3.70. The van der Waals surface area contributed by atoms with Crippen LogP contribution in [0.15, 0.2) is 38.3 Å². The predicted molar refractivity (Wildman–Crippen MR) is 116 cm³/mol. The zero-order valence-electron chi connectivity index (χ0n) is 17.2. The molecular formula is C21H22BN3O5. The lowest BCUT2D eigenvalue weighted by atomic mass is 9.88. The molecule has 0 saturated heterocycles. The molecule has 0 saturated carbocycles. The van der Waals surface area contributed by atoms with Gasteiger partial charge in [-0.05, 0) is 31.5 Å². The van der Waals surface area contributed by atoms with Crippen molar-refractivity contribution in [3.8, 4) is 5.75 Å². The molecule has 3 rings (SSSR count). The number of hydrogen-bond donors (Lipinski definition) is 3. The monoisotopic (exact) mass is 407 g/mol. The van der Waals surface area contributed by atoms with Crippen LogP contribution in [0.4, 0.5) is 17.1 Å². The second-order valence-corrected chi connectivity index (χ2v) is 7.21. The molecule has 1 heterocycles. The van der Waals surface area contributed by atoms with Gasteiger partial charge in [0.1, 0.15) is 30.7 Å². The van der Waals surface area contributed by atoms with Crippen molar-refractivity contribution in [1.82, 2.24) is 4.90 Å². The maximum absolute atomic E-state index is 12.3. The number of rotatable bonds is 7. The summed E-state index contributed by atoms with van der Waals surface area (Å²) in [5.41, 5.74) is -1.19. The van der Waals surface area contributed by atoms with E-state index < -0.39 is 22.5 Å². The van der Waals surface area contributed by atoms with Crippen LogP contribution in [0.25, 0.3) is 0 Å². The number of carbonyl (C=O) groups excluding carboxylic acids is 1. The second-order valence-electron chi connectivity index (χ2n) is 7.21. The van der Waals surface area contributed by atoms with Crippen molar-refractivity contribution < 1.29 is 14.3 Å². The summed E-state index contributed by atoms with van der Waals surface area (Å²) in [6.45, 7) is 3.73. The molecule has 0 bridgehead atoms. The standard InChI is InChI=1S/C21H22BN3O5/c1-5-12(14-9-6-10(2)30-14)23-16-17(20(28)19(16)27)24-13-8-7-11(22)15(18(13)26)21(29)25(3)4/h6-9,12,23-24,26H,5H2,1-4H3/t12-/m1/s1. The van der Waals surface area contributed by atoms with E-state index in [9.17, 15) is 19.5 Å². The van der Waals surface area contributed by atoms with E-state index in [1.54, 1.807) is 6.07 Å². The highest BCUT2D eigenvalue weighted by Crippen LogP contribution is 2.32. The van der Waals surface area contributed by atoms with Crippen molar-refractivity contribution in [1.29, 1.82) is 0 Å². The minimum Gasteiger partial charge on any atom is -0.505 e. The molecule has 0 aliphatic heterocycles. The van der Waals surface area contributed by atoms with Gasteiger partial charge in [-0.1, -0.05) is 18.5 Å².